The number of sulfone groups is 1. The number of ether oxygens (including phenoxy) is 1. The molecule has 0 aliphatic carbocycles. The molecule has 0 aromatic carbocycles. The summed E-state index contributed by atoms with van der Waals surface area (Å²) in [5.74, 6) is 0.196. The van der Waals surface area contributed by atoms with Gasteiger partial charge in [-0.15, -0.1) is 0 Å². The molecule has 2 atom stereocenters. The molecule has 0 radical (unpaired) electrons. The maximum absolute atomic E-state index is 11.7. The van der Waals surface area contributed by atoms with E-state index < -0.39 is 9.84 Å². The number of rotatable bonds is 3. The van der Waals surface area contributed by atoms with Crippen LogP contribution in [0.3, 0.4) is 0 Å². The molecule has 0 aromatic heterocycles. The highest BCUT2D eigenvalue weighted by Crippen LogP contribution is 2.16. The molecule has 6 heteroatoms. The minimum atomic E-state index is -2.92. The van der Waals surface area contributed by atoms with Gasteiger partial charge in [-0.2, -0.15) is 0 Å². The van der Waals surface area contributed by atoms with Crippen LogP contribution in [0.25, 0.3) is 0 Å². The molecule has 0 saturated carbocycles. The first kappa shape index (κ1) is 12.8. The fourth-order valence-corrected chi connectivity index (χ4v) is 4.04. The summed E-state index contributed by atoms with van der Waals surface area (Å²) in [5, 5.41) is 2.78. The van der Waals surface area contributed by atoms with Gasteiger partial charge in [0.15, 0.2) is 9.84 Å². The third-order valence-corrected chi connectivity index (χ3v) is 5.05. The van der Waals surface area contributed by atoms with E-state index in [0.29, 0.717) is 12.8 Å². The molecule has 98 valence electrons. The van der Waals surface area contributed by atoms with Gasteiger partial charge in [-0.25, -0.2) is 8.42 Å². The van der Waals surface area contributed by atoms with Crippen molar-refractivity contribution in [3.05, 3.63) is 0 Å². The largest absolute Gasteiger partial charge is 0.378 e. The molecular formula is C11H19NO4S. The average Bonchev–Trinajstić information content (AvgIpc) is 2.59. The summed E-state index contributed by atoms with van der Waals surface area (Å²) in [4.78, 5) is 11.7. The van der Waals surface area contributed by atoms with Gasteiger partial charge < -0.3 is 10.1 Å². The Morgan fingerprint density at radius 1 is 1.29 bits per heavy atom. The monoisotopic (exact) mass is 261 g/mol. The number of amides is 1. The molecule has 0 spiro atoms. The highest BCUT2D eigenvalue weighted by Gasteiger charge is 2.29. The second-order valence-electron chi connectivity index (χ2n) is 4.86. The molecule has 0 bridgehead atoms. The molecule has 2 rings (SSSR count). The van der Waals surface area contributed by atoms with Crippen LogP contribution in [0, 0.1) is 0 Å². The van der Waals surface area contributed by atoms with Crippen molar-refractivity contribution in [2.75, 3.05) is 18.1 Å². The van der Waals surface area contributed by atoms with Crippen molar-refractivity contribution in [3.8, 4) is 0 Å². The van der Waals surface area contributed by atoms with Crippen molar-refractivity contribution in [2.24, 2.45) is 0 Å². The molecule has 2 unspecified atom stereocenters. The third-order valence-electron chi connectivity index (χ3n) is 3.28. The summed E-state index contributed by atoms with van der Waals surface area (Å²) in [7, 11) is -2.92. The number of carbonyl (C=O) groups is 1. The second kappa shape index (κ2) is 5.35. The van der Waals surface area contributed by atoms with Crippen molar-refractivity contribution in [1.82, 2.24) is 5.32 Å². The molecule has 2 aliphatic rings. The standard InChI is InChI=1S/C11H19NO4S/c13-11(7-10-3-1-2-5-16-10)12-9-4-6-17(14,15)8-9/h9-10H,1-8H2,(H,12,13). The van der Waals surface area contributed by atoms with Gasteiger partial charge in [-0.05, 0) is 25.7 Å². The van der Waals surface area contributed by atoms with Gasteiger partial charge in [-0.1, -0.05) is 0 Å². The van der Waals surface area contributed by atoms with E-state index in [2.05, 4.69) is 5.32 Å². The maximum Gasteiger partial charge on any atom is 0.222 e. The van der Waals surface area contributed by atoms with Crippen LogP contribution in [-0.4, -0.2) is 44.6 Å². The Morgan fingerprint density at radius 2 is 2.12 bits per heavy atom. The maximum atomic E-state index is 11.7. The van der Waals surface area contributed by atoms with Crippen molar-refractivity contribution >= 4 is 15.7 Å². The minimum absolute atomic E-state index is 0.0155. The zero-order valence-corrected chi connectivity index (χ0v) is 10.7. The number of hydrogen-bond acceptors (Lipinski definition) is 4. The van der Waals surface area contributed by atoms with Gasteiger partial charge in [0.25, 0.3) is 0 Å². The molecular weight excluding hydrogens is 242 g/mol. The van der Waals surface area contributed by atoms with Crippen molar-refractivity contribution in [3.63, 3.8) is 0 Å². The van der Waals surface area contributed by atoms with Crippen LogP contribution in [0.4, 0.5) is 0 Å². The predicted molar refractivity (Wildman–Crippen MR) is 63.4 cm³/mol. The number of hydrogen-bond donors (Lipinski definition) is 1. The molecule has 2 heterocycles. The van der Waals surface area contributed by atoms with E-state index in [1.54, 1.807) is 0 Å². The van der Waals surface area contributed by atoms with Gasteiger partial charge in [0.2, 0.25) is 5.91 Å². The second-order valence-corrected chi connectivity index (χ2v) is 7.09. The van der Waals surface area contributed by atoms with E-state index in [-0.39, 0.29) is 29.6 Å². The predicted octanol–water partition coefficient (Wildman–Crippen LogP) is 0.249. The van der Waals surface area contributed by atoms with Crippen LogP contribution >= 0.6 is 0 Å². The van der Waals surface area contributed by atoms with E-state index >= 15 is 0 Å². The fraction of sp³-hybridized carbons (Fsp3) is 0.909. The molecule has 17 heavy (non-hydrogen) atoms. The van der Waals surface area contributed by atoms with Gasteiger partial charge >= 0.3 is 0 Å². The fourth-order valence-electron chi connectivity index (χ4n) is 2.37. The SMILES string of the molecule is O=C(CC1CCCCO1)NC1CCS(=O)(=O)C1. The first-order valence-corrected chi connectivity index (χ1v) is 7.99. The van der Waals surface area contributed by atoms with Gasteiger partial charge in [0, 0.05) is 12.6 Å². The van der Waals surface area contributed by atoms with Crippen molar-refractivity contribution in [2.45, 2.75) is 44.2 Å². The molecule has 0 aromatic rings. The first-order valence-electron chi connectivity index (χ1n) is 6.16. The van der Waals surface area contributed by atoms with Gasteiger partial charge in [0.05, 0.1) is 24.0 Å². The first-order chi connectivity index (χ1) is 8.05. The Labute approximate surface area is 102 Å². The molecule has 2 saturated heterocycles. The zero-order chi connectivity index (χ0) is 12.3. The Hall–Kier alpha value is -0.620. The molecule has 5 nitrogen and oxygen atoms in total. The van der Waals surface area contributed by atoms with E-state index in [4.69, 9.17) is 4.74 Å². The zero-order valence-electron chi connectivity index (χ0n) is 9.85. The summed E-state index contributed by atoms with van der Waals surface area (Å²) in [6.07, 6.45) is 4.02. The normalized spacial score (nSPS) is 32.2. The van der Waals surface area contributed by atoms with Crippen LogP contribution in [0.2, 0.25) is 0 Å². The summed E-state index contributed by atoms with van der Waals surface area (Å²) < 4.78 is 27.9. The lowest BCUT2D eigenvalue weighted by atomic mass is 10.1. The lowest BCUT2D eigenvalue weighted by molar-refractivity contribution is -0.125. The van der Waals surface area contributed by atoms with Gasteiger partial charge in [0.1, 0.15) is 0 Å². The number of nitrogens with one attached hydrogen (secondary N) is 1. The van der Waals surface area contributed by atoms with E-state index in [1.165, 1.54) is 0 Å². The van der Waals surface area contributed by atoms with Crippen molar-refractivity contribution < 1.29 is 17.9 Å². The van der Waals surface area contributed by atoms with Crippen LogP contribution < -0.4 is 5.32 Å². The Bertz CT molecular complexity index is 373. The Morgan fingerprint density at radius 3 is 2.71 bits per heavy atom. The molecule has 2 aliphatic heterocycles. The third kappa shape index (κ3) is 3.96. The van der Waals surface area contributed by atoms with Crippen LogP contribution in [0.15, 0.2) is 0 Å². The topological polar surface area (TPSA) is 72.5 Å². The smallest absolute Gasteiger partial charge is 0.222 e. The Balaban J connectivity index is 1.74. The Kier molecular flexibility index (Phi) is 4.04. The van der Waals surface area contributed by atoms with Gasteiger partial charge in [-0.3, -0.25) is 4.79 Å². The highest BCUT2D eigenvalue weighted by molar-refractivity contribution is 7.91. The van der Waals surface area contributed by atoms with Crippen LogP contribution in [-0.2, 0) is 19.4 Å². The average molecular weight is 261 g/mol. The summed E-state index contributed by atoms with van der Waals surface area (Å²) in [5.41, 5.74) is 0. The van der Waals surface area contributed by atoms with Crippen molar-refractivity contribution in [1.29, 1.82) is 0 Å². The molecule has 1 amide bonds. The minimum Gasteiger partial charge on any atom is -0.378 e. The quantitative estimate of drug-likeness (QED) is 0.790. The summed E-state index contributed by atoms with van der Waals surface area (Å²) in [6.45, 7) is 0.732. The molecule has 1 N–H and O–H groups in total. The van der Waals surface area contributed by atoms with Crippen LogP contribution in [0.5, 0.6) is 0 Å². The van der Waals surface area contributed by atoms with E-state index in [9.17, 15) is 13.2 Å². The lowest BCUT2D eigenvalue weighted by Crippen LogP contribution is -2.38. The van der Waals surface area contributed by atoms with E-state index in [0.717, 1.165) is 25.9 Å². The molecule has 2 fully saturated rings. The lowest BCUT2D eigenvalue weighted by Gasteiger charge is -2.22. The summed E-state index contributed by atoms with van der Waals surface area (Å²) in [6, 6.07) is -0.198. The number of carbonyl (C=O) groups excluding carboxylic acids is 1. The highest BCUT2D eigenvalue weighted by atomic mass is 32.2. The van der Waals surface area contributed by atoms with Crippen LogP contribution in [0.1, 0.15) is 32.1 Å². The van der Waals surface area contributed by atoms with E-state index in [1.807, 2.05) is 0 Å². The summed E-state index contributed by atoms with van der Waals surface area (Å²) >= 11 is 0.